The number of nitrogens with zero attached hydrogens (tertiary/aromatic N) is 3. The normalized spacial score (nSPS) is 17.0. The van der Waals surface area contributed by atoms with Crippen molar-refractivity contribution in [2.45, 2.75) is 40.2 Å². The first kappa shape index (κ1) is 27.9. The predicted octanol–water partition coefficient (Wildman–Crippen LogP) is 4.33. The summed E-state index contributed by atoms with van der Waals surface area (Å²) in [6.45, 7) is -0.0974. The number of pyridine rings is 1. The van der Waals surface area contributed by atoms with Crippen LogP contribution < -0.4 is 9.62 Å². The molecule has 0 radical (unpaired) electrons. The Kier molecular flexibility index (Phi) is 6.58. The number of carbonyl (C=O) groups is 2. The number of urea groups is 1. The van der Waals surface area contributed by atoms with Crippen LogP contribution in [0.3, 0.4) is 0 Å². The van der Waals surface area contributed by atoms with Crippen molar-refractivity contribution in [1.29, 1.82) is 0 Å². The van der Waals surface area contributed by atoms with E-state index in [9.17, 15) is 39.6 Å². The third-order valence-corrected chi connectivity index (χ3v) is 9.63. The Balaban J connectivity index is 1.37. The van der Waals surface area contributed by atoms with Crippen molar-refractivity contribution in [2.24, 2.45) is 0 Å². The largest absolute Gasteiger partial charge is 0.501 e. The van der Waals surface area contributed by atoms with E-state index >= 15 is 0 Å². The summed E-state index contributed by atoms with van der Waals surface area (Å²) in [6.07, 6.45) is 2.01. The maximum atomic E-state index is 13.3. The minimum atomic E-state index is -5.60. The van der Waals surface area contributed by atoms with Crippen LogP contribution in [0, 0.1) is 0 Å². The maximum Gasteiger partial charge on any atom is 0.501 e. The number of aromatic nitrogens is 1. The topological polar surface area (TPSA) is 134 Å². The van der Waals surface area contributed by atoms with Gasteiger partial charge < -0.3 is 4.90 Å². The molecule has 10 nitrogen and oxygen atoms in total. The van der Waals surface area contributed by atoms with Gasteiger partial charge >= 0.3 is 11.5 Å². The highest BCUT2D eigenvalue weighted by atomic mass is 35.5. The van der Waals surface area contributed by atoms with Crippen LogP contribution in [0.4, 0.5) is 29.5 Å². The second-order valence-corrected chi connectivity index (χ2v) is 13.2. The van der Waals surface area contributed by atoms with Crippen molar-refractivity contribution >= 4 is 54.9 Å². The summed E-state index contributed by atoms with van der Waals surface area (Å²) in [5.74, 6) is -0.629. The maximum absolute atomic E-state index is 13.3. The van der Waals surface area contributed by atoms with E-state index in [1.807, 2.05) is 0 Å². The summed E-state index contributed by atoms with van der Waals surface area (Å²) < 4.78 is 89.7. The van der Waals surface area contributed by atoms with Gasteiger partial charge in [0.2, 0.25) is 0 Å². The van der Waals surface area contributed by atoms with Gasteiger partial charge in [0.1, 0.15) is 11.4 Å². The molecule has 210 valence electrons. The van der Waals surface area contributed by atoms with Gasteiger partial charge in [-0.1, -0.05) is 11.6 Å². The fraction of sp³-hybridized carbons (Fsp3) is 0.208. The molecule has 3 aromatic rings. The number of carbonyl (C=O) groups excluding carboxylic acids is 2. The predicted molar refractivity (Wildman–Crippen MR) is 137 cm³/mol. The molecule has 2 aliphatic rings. The lowest BCUT2D eigenvalue weighted by atomic mass is 10.2. The first-order valence-corrected chi connectivity index (χ1v) is 14.8. The van der Waals surface area contributed by atoms with Crippen molar-refractivity contribution in [2.75, 3.05) is 9.62 Å². The van der Waals surface area contributed by atoms with E-state index in [-0.39, 0.29) is 22.9 Å². The number of sulfone groups is 1. The van der Waals surface area contributed by atoms with Crippen molar-refractivity contribution in [3.05, 3.63) is 77.4 Å². The lowest BCUT2D eigenvalue weighted by Gasteiger charge is -2.21. The van der Waals surface area contributed by atoms with Gasteiger partial charge in [0.05, 0.1) is 15.5 Å². The number of sulfonamides is 1. The molecule has 1 spiro atoms. The van der Waals surface area contributed by atoms with Gasteiger partial charge in [-0.25, -0.2) is 31.5 Å². The van der Waals surface area contributed by atoms with Crippen LogP contribution in [0.15, 0.2) is 76.7 Å². The molecule has 5 rings (SSSR count). The number of alkyl halides is 3. The number of imide groups is 1. The Labute approximate surface area is 231 Å². The molecule has 0 bridgehead atoms. The van der Waals surface area contributed by atoms with E-state index in [2.05, 4.69) is 9.71 Å². The summed E-state index contributed by atoms with van der Waals surface area (Å²) in [5.41, 5.74) is -6.31. The molecule has 2 heterocycles. The summed E-state index contributed by atoms with van der Waals surface area (Å²) in [5, 5.41) is 0.356. The molecule has 40 heavy (non-hydrogen) atoms. The number of amides is 3. The Bertz CT molecular complexity index is 1730. The van der Waals surface area contributed by atoms with Crippen LogP contribution in [-0.4, -0.2) is 49.7 Å². The van der Waals surface area contributed by atoms with Crippen LogP contribution >= 0.6 is 11.6 Å². The molecule has 2 fully saturated rings. The van der Waals surface area contributed by atoms with E-state index in [1.165, 1.54) is 47.5 Å². The highest BCUT2D eigenvalue weighted by Crippen LogP contribution is 2.50. The molecule has 16 heteroatoms. The fourth-order valence-corrected chi connectivity index (χ4v) is 6.18. The monoisotopic (exact) mass is 614 g/mol. The number of nitrogens with one attached hydrogen (secondary N) is 1. The molecule has 1 aliphatic heterocycles. The number of halogens is 4. The average Bonchev–Trinajstić information content (AvgIpc) is 3.66. The third kappa shape index (κ3) is 4.77. The zero-order valence-electron chi connectivity index (χ0n) is 20.1. The molecular weight excluding hydrogens is 597 g/mol. The number of anilines is 2. The van der Waals surface area contributed by atoms with Crippen LogP contribution in [0.25, 0.3) is 0 Å². The fourth-order valence-electron chi connectivity index (χ4n) is 4.29. The minimum absolute atomic E-state index is 0.0337. The van der Waals surface area contributed by atoms with Crippen molar-refractivity contribution in [1.82, 2.24) is 9.88 Å². The third-order valence-electron chi connectivity index (χ3n) is 6.50. The van der Waals surface area contributed by atoms with Crippen LogP contribution in [-0.2, 0) is 31.2 Å². The van der Waals surface area contributed by atoms with Crippen molar-refractivity contribution in [3.8, 4) is 0 Å². The van der Waals surface area contributed by atoms with Crippen LogP contribution in [0.1, 0.15) is 18.4 Å². The summed E-state index contributed by atoms with van der Waals surface area (Å²) in [7, 11) is -9.60. The van der Waals surface area contributed by atoms with Gasteiger partial charge in [0, 0.05) is 17.8 Å². The van der Waals surface area contributed by atoms with Crippen molar-refractivity contribution < 1.29 is 39.6 Å². The highest BCUT2D eigenvalue weighted by molar-refractivity contribution is 7.92. The van der Waals surface area contributed by atoms with Gasteiger partial charge in [0.15, 0.2) is 0 Å². The number of benzene rings is 2. The Hall–Kier alpha value is -3.69. The van der Waals surface area contributed by atoms with E-state index < -0.39 is 47.7 Å². The average molecular weight is 615 g/mol. The SMILES string of the molecule is O=C1N(c2ccc(S(=O)(=O)C(F)(F)F)cc2)C(=O)C2(CC2)N1Cc1ccnc(NS(=O)(=O)c2ccc(Cl)cc2)c1. The minimum Gasteiger partial charge on any atom is -0.305 e. The zero-order valence-corrected chi connectivity index (χ0v) is 22.5. The van der Waals surface area contributed by atoms with Crippen LogP contribution in [0.5, 0.6) is 0 Å². The number of rotatable bonds is 7. The molecular formula is C24H18ClF3N4O6S2. The molecule has 3 amide bonds. The van der Waals surface area contributed by atoms with Gasteiger partial charge in [-0.05, 0) is 79.1 Å². The molecule has 1 N–H and O–H groups in total. The first-order valence-electron chi connectivity index (χ1n) is 11.5. The van der Waals surface area contributed by atoms with E-state index in [0.29, 0.717) is 35.6 Å². The summed E-state index contributed by atoms with van der Waals surface area (Å²) >= 11 is 5.81. The highest BCUT2D eigenvalue weighted by Gasteiger charge is 2.65. The van der Waals surface area contributed by atoms with Gasteiger partial charge in [-0.15, -0.1) is 0 Å². The molecule has 2 aromatic carbocycles. The standard InChI is InChI=1S/C24H18ClF3N4O6S2/c25-16-1-5-19(6-2-16)40(37,38)30-20-13-15(9-12-29-20)14-31-22(34)32(21(33)23(31)10-11-23)17-3-7-18(8-4-17)39(35,36)24(26,27)28/h1-9,12-13H,10-11,14H2,(H,29,30). The quantitative estimate of drug-likeness (QED) is 0.392. The van der Waals surface area contributed by atoms with E-state index in [1.54, 1.807) is 0 Å². The molecule has 1 saturated heterocycles. The number of hydrogen-bond donors (Lipinski definition) is 1. The Morgan fingerprint density at radius 1 is 0.925 bits per heavy atom. The van der Waals surface area contributed by atoms with Crippen LogP contribution in [0.2, 0.25) is 5.02 Å². The Morgan fingerprint density at radius 3 is 2.10 bits per heavy atom. The molecule has 1 aliphatic carbocycles. The second kappa shape index (κ2) is 9.45. The number of hydrogen-bond acceptors (Lipinski definition) is 7. The summed E-state index contributed by atoms with van der Waals surface area (Å²) in [6, 6.07) is 10.9. The molecule has 1 saturated carbocycles. The van der Waals surface area contributed by atoms with E-state index in [0.717, 1.165) is 17.0 Å². The van der Waals surface area contributed by atoms with Gasteiger partial charge in [-0.2, -0.15) is 13.2 Å². The second-order valence-electron chi connectivity index (χ2n) is 9.09. The molecule has 0 atom stereocenters. The molecule has 0 unspecified atom stereocenters. The van der Waals surface area contributed by atoms with E-state index in [4.69, 9.17) is 11.6 Å². The van der Waals surface area contributed by atoms with Crippen molar-refractivity contribution in [3.63, 3.8) is 0 Å². The van der Waals surface area contributed by atoms with Gasteiger partial charge in [0.25, 0.3) is 25.8 Å². The Morgan fingerprint density at radius 2 is 1.52 bits per heavy atom. The zero-order chi connectivity index (χ0) is 29.1. The first-order chi connectivity index (χ1) is 18.7. The smallest absolute Gasteiger partial charge is 0.305 e. The lowest BCUT2D eigenvalue weighted by molar-refractivity contribution is -0.120. The van der Waals surface area contributed by atoms with Gasteiger partial charge in [-0.3, -0.25) is 9.52 Å². The summed E-state index contributed by atoms with van der Waals surface area (Å²) in [4.78, 5) is 31.6. The lowest BCUT2D eigenvalue weighted by Crippen LogP contribution is -2.36. The molecule has 1 aromatic heterocycles.